The van der Waals surface area contributed by atoms with Gasteiger partial charge in [-0.05, 0) is 35.1 Å². The minimum absolute atomic E-state index is 0. The number of fused-ring (bicyclic) bond motifs is 1. The van der Waals surface area contributed by atoms with Crippen molar-refractivity contribution < 1.29 is 11.0 Å². The second-order valence-corrected chi connectivity index (χ2v) is 6.44. The van der Waals surface area contributed by atoms with Crippen LogP contribution in [-0.4, -0.2) is 24.5 Å². The van der Waals surface area contributed by atoms with E-state index in [9.17, 15) is 4.79 Å². The molecule has 3 rings (SSSR count). The molecule has 0 bridgehead atoms. The maximum absolute atomic E-state index is 12.3. The fraction of sp³-hybridized carbons (Fsp3) is 0.312. The van der Waals surface area contributed by atoms with Crippen LogP contribution in [0, 0.1) is 0 Å². The lowest BCUT2D eigenvalue weighted by Gasteiger charge is -2.33. The van der Waals surface area contributed by atoms with E-state index in [1.165, 1.54) is 17.6 Å². The summed E-state index contributed by atoms with van der Waals surface area (Å²) >= 11 is 8.07. The van der Waals surface area contributed by atoms with E-state index >= 15 is 0 Å². The third-order valence-corrected chi connectivity index (χ3v) is 5.19. The van der Waals surface area contributed by atoms with E-state index in [0.717, 1.165) is 25.1 Å². The fourth-order valence-electron chi connectivity index (χ4n) is 2.77. The highest BCUT2D eigenvalue weighted by Crippen LogP contribution is 2.33. The first kappa shape index (κ1) is 14.6. The summed E-state index contributed by atoms with van der Waals surface area (Å²) in [5, 5.41) is 2.71. The lowest BCUT2D eigenvalue weighted by Crippen LogP contribution is -2.38. The first-order chi connectivity index (χ1) is 10.2. The zero-order valence-electron chi connectivity index (χ0n) is 12.7. The predicted molar refractivity (Wildman–Crippen MR) is 85.8 cm³/mol. The van der Waals surface area contributed by atoms with Gasteiger partial charge < -0.3 is 4.74 Å². The molecule has 0 spiro atoms. The number of carbonyl (C=O) groups is 1. The average molecular weight is 323 g/mol. The van der Waals surface area contributed by atoms with Gasteiger partial charge in [-0.25, -0.2) is 4.79 Å². The molecule has 1 aliphatic heterocycles. The van der Waals surface area contributed by atoms with Crippen LogP contribution in [0.4, 0.5) is 0 Å². The minimum atomic E-state index is -0.447. The molecular weight excluding hydrogens is 306 g/mol. The molecule has 2 aromatic rings. The normalized spacial score (nSPS) is 16.3. The van der Waals surface area contributed by atoms with Gasteiger partial charge in [-0.1, -0.05) is 29.8 Å². The van der Waals surface area contributed by atoms with Gasteiger partial charge in [-0.15, -0.1) is 11.3 Å². The second-order valence-electron chi connectivity index (χ2n) is 5.04. The Morgan fingerprint density at radius 1 is 1.43 bits per heavy atom. The molecule has 110 valence electrons. The SMILES string of the molecule is COC(=O)[C@H](c1ccccc1Cl)N1CCc2sccc2C1.[H+]. The van der Waals surface area contributed by atoms with Crippen LogP contribution < -0.4 is 0 Å². The average Bonchev–Trinajstić information content (AvgIpc) is 2.97. The van der Waals surface area contributed by atoms with Gasteiger partial charge >= 0.3 is 7.40 Å². The first-order valence-corrected chi connectivity index (χ1v) is 8.08. The van der Waals surface area contributed by atoms with Crippen LogP contribution in [0.1, 0.15) is 23.5 Å². The molecule has 1 aromatic heterocycles. The zero-order chi connectivity index (χ0) is 14.8. The number of nitrogens with zero attached hydrogens (tertiary/aromatic N) is 1. The molecule has 0 aliphatic carbocycles. The van der Waals surface area contributed by atoms with Crippen LogP contribution >= 0.6 is 22.9 Å². The van der Waals surface area contributed by atoms with Gasteiger partial charge in [0.15, 0.2) is 0 Å². The molecule has 21 heavy (non-hydrogen) atoms. The van der Waals surface area contributed by atoms with Crippen LogP contribution in [0.25, 0.3) is 0 Å². The van der Waals surface area contributed by atoms with Crippen LogP contribution in [0.15, 0.2) is 35.7 Å². The maximum atomic E-state index is 12.3. The van der Waals surface area contributed by atoms with Crippen molar-refractivity contribution >= 4 is 28.9 Å². The first-order valence-electron chi connectivity index (χ1n) is 6.82. The van der Waals surface area contributed by atoms with E-state index in [4.69, 9.17) is 16.3 Å². The molecule has 0 amide bonds. The molecule has 0 N–H and O–H groups in total. The second kappa shape index (κ2) is 6.18. The van der Waals surface area contributed by atoms with Crippen molar-refractivity contribution in [1.29, 1.82) is 0 Å². The van der Waals surface area contributed by atoms with E-state index in [2.05, 4.69) is 16.3 Å². The van der Waals surface area contributed by atoms with E-state index in [-0.39, 0.29) is 7.40 Å². The van der Waals surface area contributed by atoms with Crippen LogP contribution in [0.3, 0.4) is 0 Å². The van der Waals surface area contributed by atoms with Gasteiger partial charge in [0.25, 0.3) is 0 Å². The molecule has 1 aliphatic rings. The Bertz CT molecular complexity index is 661. The van der Waals surface area contributed by atoms with Gasteiger partial charge in [0.2, 0.25) is 0 Å². The smallest absolute Gasteiger partial charge is 0.468 e. The van der Waals surface area contributed by atoms with Crippen molar-refractivity contribution in [1.82, 2.24) is 4.90 Å². The van der Waals surface area contributed by atoms with Crippen LogP contribution in [0.2, 0.25) is 5.02 Å². The van der Waals surface area contributed by atoms with Crippen molar-refractivity contribution in [2.45, 2.75) is 19.0 Å². The molecule has 3 nitrogen and oxygen atoms in total. The van der Waals surface area contributed by atoms with Gasteiger partial charge in [0.05, 0.1) is 7.11 Å². The van der Waals surface area contributed by atoms with Gasteiger partial charge in [-0.2, -0.15) is 0 Å². The standard InChI is InChI=1S/C16H16ClNO2S/c1-20-16(19)15(12-4-2-3-5-13(12)17)18-8-6-14-11(10-18)7-9-21-14/h2-5,7,9,15H,6,8,10H2,1H3/p+1/t15-/m0/s1. The molecule has 0 saturated carbocycles. The lowest BCUT2D eigenvalue weighted by molar-refractivity contribution is -0.147. The molecule has 1 aromatic carbocycles. The number of hydrogen-bond donors (Lipinski definition) is 0. The maximum Gasteiger partial charge on any atom is 1.00 e. The minimum Gasteiger partial charge on any atom is -0.468 e. The highest BCUT2D eigenvalue weighted by molar-refractivity contribution is 7.10. The Morgan fingerprint density at radius 2 is 2.24 bits per heavy atom. The van der Waals surface area contributed by atoms with E-state index in [1.807, 2.05) is 24.3 Å². The summed E-state index contributed by atoms with van der Waals surface area (Å²) in [6, 6.07) is 9.16. The summed E-state index contributed by atoms with van der Waals surface area (Å²) in [6.07, 6.45) is 0.963. The molecule has 0 unspecified atom stereocenters. The molecule has 5 heteroatoms. The summed E-state index contributed by atoms with van der Waals surface area (Å²) in [7, 11) is 1.42. The van der Waals surface area contributed by atoms with Crippen molar-refractivity contribution in [3.8, 4) is 0 Å². The Morgan fingerprint density at radius 3 is 3.00 bits per heavy atom. The molecule has 0 saturated heterocycles. The van der Waals surface area contributed by atoms with Gasteiger partial charge in [-0.3, -0.25) is 4.90 Å². The van der Waals surface area contributed by atoms with Crippen molar-refractivity contribution in [2.24, 2.45) is 0 Å². The molecule has 2 heterocycles. The number of carbonyl (C=O) groups excluding carboxylic acids is 1. The lowest BCUT2D eigenvalue weighted by atomic mass is 10.0. The van der Waals surface area contributed by atoms with E-state index in [0.29, 0.717) is 5.02 Å². The van der Waals surface area contributed by atoms with Crippen molar-refractivity contribution in [3.63, 3.8) is 0 Å². The van der Waals surface area contributed by atoms with Crippen LogP contribution in [-0.2, 0) is 22.5 Å². The van der Waals surface area contributed by atoms with Crippen molar-refractivity contribution in [3.05, 3.63) is 56.7 Å². The van der Waals surface area contributed by atoms with E-state index < -0.39 is 6.04 Å². The number of methoxy groups -OCH3 is 1. The predicted octanol–water partition coefficient (Wildman–Crippen LogP) is 3.79. The third kappa shape index (κ3) is 2.84. The number of rotatable bonds is 3. The molecule has 0 fully saturated rings. The number of halogens is 1. The summed E-state index contributed by atoms with van der Waals surface area (Å²) < 4.78 is 5.01. The number of esters is 1. The van der Waals surface area contributed by atoms with Gasteiger partial charge in [0, 0.05) is 23.0 Å². The topological polar surface area (TPSA) is 29.5 Å². The monoisotopic (exact) mass is 322 g/mol. The largest absolute Gasteiger partial charge is 1.00 e. The fourth-order valence-corrected chi connectivity index (χ4v) is 3.90. The number of thiophene rings is 1. The van der Waals surface area contributed by atoms with Gasteiger partial charge in [0.1, 0.15) is 6.04 Å². The van der Waals surface area contributed by atoms with Crippen molar-refractivity contribution in [2.75, 3.05) is 13.7 Å². The summed E-state index contributed by atoms with van der Waals surface area (Å²) in [4.78, 5) is 15.8. The Balaban J connectivity index is 0.00000176. The summed E-state index contributed by atoms with van der Waals surface area (Å²) in [5.74, 6) is -0.262. The third-order valence-electron chi connectivity index (χ3n) is 3.83. The summed E-state index contributed by atoms with van der Waals surface area (Å²) in [5.41, 5.74) is 2.11. The highest BCUT2D eigenvalue weighted by atomic mass is 35.5. The Hall–Kier alpha value is -1.36. The zero-order valence-corrected chi connectivity index (χ0v) is 13.3. The number of ether oxygens (including phenoxy) is 1. The molecule has 0 radical (unpaired) electrons. The number of benzene rings is 1. The van der Waals surface area contributed by atoms with Crippen LogP contribution in [0.5, 0.6) is 0 Å². The quantitative estimate of drug-likeness (QED) is 0.805. The Kier molecular flexibility index (Phi) is 4.29. The Labute approximate surface area is 134 Å². The summed E-state index contributed by atoms with van der Waals surface area (Å²) in [6.45, 7) is 1.59. The van der Waals surface area contributed by atoms with E-state index in [1.54, 1.807) is 11.3 Å². The molecular formula is C16H17ClNO2S+. The number of hydrogen-bond acceptors (Lipinski definition) is 4. The molecule has 1 atom stereocenters. The highest BCUT2D eigenvalue weighted by Gasteiger charge is 2.32.